The molecule has 1 unspecified atom stereocenters. The zero-order valence-electron chi connectivity index (χ0n) is 12.3. The molecule has 3 rings (SSSR count). The van der Waals surface area contributed by atoms with E-state index in [-0.39, 0.29) is 5.78 Å². The van der Waals surface area contributed by atoms with Crippen molar-refractivity contribution in [3.63, 3.8) is 0 Å². The van der Waals surface area contributed by atoms with Crippen LogP contribution in [0.25, 0.3) is 5.57 Å². The number of aliphatic hydroxyl groups excluding tert-OH is 1. The first-order chi connectivity index (χ1) is 10.6. The molecule has 0 bridgehead atoms. The topological polar surface area (TPSA) is 40.5 Å². The number of hydrogen-bond acceptors (Lipinski definition) is 3. The Morgan fingerprint density at radius 3 is 2.59 bits per heavy atom. The SMILES string of the molecule is CC(=O)c1cccc(N2C=C(c3ccccc3)C=CC2O)c1. The van der Waals surface area contributed by atoms with Gasteiger partial charge in [-0.15, -0.1) is 0 Å². The van der Waals surface area contributed by atoms with Gasteiger partial charge >= 0.3 is 0 Å². The van der Waals surface area contributed by atoms with Gasteiger partial charge in [-0.1, -0.05) is 48.5 Å². The molecule has 1 atom stereocenters. The maximum Gasteiger partial charge on any atom is 0.159 e. The number of nitrogens with zero attached hydrogens (tertiary/aromatic N) is 1. The normalized spacial score (nSPS) is 17.3. The second kappa shape index (κ2) is 6.00. The number of aliphatic hydroxyl groups is 1. The maximum absolute atomic E-state index is 11.5. The molecule has 3 nitrogen and oxygen atoms in total. The molecule has 22 heavy (non-hydrogen) atoms. The molecule has 0 saturated heterocycles. The van der Waals surface area contributed by atoms with Crippen molar-refractivity contribution in [1.29, 1.82) is 0 Å². The monoisotopic (exact) mass is 291 g/mol. The van der Waals surface area contributed by atoms with Gasteiger partial charge in [0.25, 0.3) is 0 Å². The fourth-order valence-electron chi connectivity index (χ4n) is 2.47. The summed E-state index contributed by atoms with van der Waals surface area (Å²) < 4.78 is 0. The van der Waals surface area contributed by atoms with E-state index in [0.717, 1.165) is 16.8 Å². The minimum atomic E-state index is -0.741. The molecule has 0 fully saturated rings. The molecular formula is C19H17NO2. The molecule has 0 aliphatic carbocycles. The van der Waals surface area contributed by atoms with Crippen molar-refractivity contribution in [2.45, 2.75) is 13.2 Å². The lowest BCUT2D eigenvalue weighted by molar-refractivity contribution is 0.101. The zero-order chi connectivity index (χ0) is 15.5. The second-order valence-electron chi connectivity index (χ2n) is 5.24. The Morgan fingerprint density at radius 1 is 1.09 bits per heavy atom. The fourth-order valence-corrected chi connectivity index (χ4v) is 2.47. The molecular weight excluding hydrogens is 274 g/mol. The van der Waals surface area contributed by atoms with Gasteiger partial charge in [-0.2, -0.15) is 0 Å². The van der Waals surface area contributed by atoms with Crippen LogP contribution in [0, 0.1) is 0 Å². The van der Waals surface area contributed by atoms with Crippen LogP contribution in [0.5, 0.6) is 0 Å². The Balaban J connectivity index is 1.99. The smallest absolute Gasteiger partial charge is 0.159 e. The first kappa shape index (κ1) is 14.3. The molecule has 0 spiro atoms. The maximum atomic E-state index is 11.5. The summed E-state index contributed by atoms with van der Waals surface area (Å²) in [6.07, 6.45) is 4.81. The summed E-state index contributed by atoms with van der Waals surface area (Å²) in [4.78, 5) is 13.3. The number of allylic oxidation sites excluding steroid dienone is 2. The Kier molecular flexibility index (Phi) is 3.90. The first-order valence-electron chi connectivity index (χ1n) is 7.18. The van der Waals surface area contributed by atoms with Crippen molar-refractivity contribution in [3.05, 3.63) is 84.1 Å². The van der Waals surface area contributed by atoms with Gasteiger partial charge < -0.3 is 10.0 Å². The van der Waals surface area contributed by atoms with Gasteiger partial charge in [0, 0.05) is 17.5 Å². The van der Waals surface area contributed by atoms with Crippen LogP contribution < -0.4 is 4.90 Å². The van der Waals surface area contributed by atoms with E-state index in [4.69, 9.17) is 0 Å². The first-order valence-corrected chi connectivity index (χ1v) is 7.18. The third-order valence-electron chi connectivity index (χ3n) is 3.67. The van der Waals surface area contributed by atoms with E-state index in [1.54, 1.807) is 23.1 Å². The molecule has 110 valence electrons. The van der Waals surface area contributed by atoms with Gasteiger partial charge in [0.05, 0.1) is 0 Å². The van der Waals surface area contributed by atoms with E-state index in [2.05, 4.69) is 0 Å². The van der Waals surface area contributed by atoms with Crippen LogP contribution >= 0.6 is 0 Å². The molecule has 1 aliphatic heterocycles. The molecule has 2 aromatic carbocycles. The lowest BCUT2D eigenvalue weighted by Crippen LogP contribution is -2.30. The fraction of sp³-hybridized carbons (Fsp3) is 0.105. The number of carbonyl (C=O) groups is 1. The second-order valence-corrected chi connectivity index (χ2v) is 5.24. The van der Waals surface area contributed by atoms with Crippen LogP contribution in [-0.4, -0.2) is 17.1 Å². The molecule has 0 aromatic heterocycles. The van der Waals surface area contributed by atoms with Crippen molar-refractivity contribution in [2.24, 2.45) is 0 Å². The Bertz CT molecular complexity index is 747. The number of anilines is 1. The predicted molar refractivity (Wildman–Crippen MR) is 88.5 cm³/mol. The summed E-state index contributed by atoms with van der Waals surface area (Å²) in [7, 11) is 0. The number of rotatable bonds is 3. The summed E-state index contributed by atoms with van der Waals surface area (Å²) in [6, 6.07) is 17.3. The highest BCUT2D eigenvalue weighted by Gasteiger charge is 2.17. The van der Waals surface area contributed by atoms with Gasteiger partial charge in [0.15, 0.2) is 5.78 Å². The Hall–Kier alpha value is -2.65. The predicted octanol–water partition coefficient (Wildman–Crippen LogP) is 3.62. The highest BCUT2D eigenvalue weighted by atomic mass is 16.3. The Morgan fingerprint density at radius 2 is 1.86 bits per heavy atom. The van der Waals surface area contributed by atoms with Crippen LogP contribution in [0.1, 0.15) is 22.8 Å². The van der Waals surface area contributed by atoms with E-state index < -0.39 is 6.23 Å². The lowest BCUT2D eigenvalue weighted by Gasteiger charge is -2.28. The van der Waals surface area contributed by atoms with Gasteiger partial charge in [-0.3, -0.25) is 4.79 Å². The quantitative estimate of drug-likeness (QED) is 0.878. The van der Waals surface area contributed by atoms with E-state index in [0.29, 0.717) is 5.56 Å². The summed E-state index contributed by atoms with van der Waals surface area (Å²) in [6.45, 7) is 1.54. The highest BCUT2D eigenvalue weighted by Crippen LogP contribution is 2.27. The number of Topliss-reactive ketones (excluding diaryl/α,β-unsaturated/α-hetero) is 1. The highest BCUT2D eigenvalue weighted by molar-refractivity contribution is 5.95. The molecule has 3 heteroatoms. The number of hydrogen-bond donors (Lipinski definition) is 1. The third-order valence-corrected chi connectivity index (χ3v) is 3.67. The number of benzene rings is 2. The molecule has 0 saturated carbocycles. The van der Waals surface area contributed by atoms with Crippen LogP contribution in [-0.2, 0) is 0 Å². The number of carbonyl (C=O) groups excluding carboxylic acids is 1. The summed E-state index contributed by atoms with van der Waals surface area (Å²) in [5, 5.41) is 10.2. The number of ketones is 1. The van der Waals surface area contributed by atoms with E-state index in [1.165, 1.54) is 6.92 Å². The minimum Gasteiger partial charge on any atom is -0.370 e. The van der Waals surface area contributed by atoms with Crippen LogP contribution in [0.3, 0.4) is 0 Å². The third kappa shape index (κ3) is 2.85. The van der Waals surface area contributed by atoms with Crippen molar-refractivity contribution in [3.8, 4) is 0 Å². The molecule has 0 radical (unpaired) electrons. The van der Waals surface area contributed by atoms with E-state index in [9.17, 15) is 9.90 Å². The molecule has 1 N–H and O–H groups in total. The summed E-state index contributed by atoms with van der Waals surface area (Å²) >= 11 is 0. The van der Waals surface area contributed by atoms with Gasteiger partial charge in [-0.25, -0.2) is 0 Å². The van der Waals surface area contributed by atoms with Crippen LogP contribution in [0.2, 0.25) is 0 Å². The van der Waals surface area contributed by atoms with Gasteiger partial charge in [-0.05, 0) is 36.3 Å². The van der Waals surface area contributed by atoms with E-state index in [1.807, 2.05) is 54.7 Å². The standard InChI is InChI=1S/C19H17NO2/c1-14(21)16-8-5-9-18(12-16)20-13-17(10-11-19(20)22)15-6-3-2-4-7-15/h2-13,19,22H,1H3. The average Bonchev–Trinajstić information content (AvgIpc) is 2.56. The summed E-state index contributed by atoms with van der Waals surface area (Å²) in [5.74, 6) is 0.0103. The molecule has 1 heterocycles. The molecule has 2 aromatic rings. The van der Waals surface area contributed by atoms with Crippen molar-refractivity contribution in [1.82, 2.24) is 0 Å². The van der Waals surface area contributed by atoms with Crippen molar-refractivity contribution >= 4 is 17.0 Å². The van der Waals surface area contributed by atoms with Crippen molar-refractivity contribution < 1.29 is 9.90 Å². The van der Waals surface area contributed by atoms with Crippen LogP contribution in [0.15, 0.2) is 72.9 Å². The van der Waals surface area contributed by atoms with Gasteiger partial charge in [0.1, 0.15) is 6.23 Å². The largest absolute Gasteiger partial charge is 0.370 e. The summed E-state index contributed by atoms with van der Waals surface area (Å²) in [5.41, 5.74) is 3.52. The van der Waals surface area contributed by atoms with E-state index >= 15 is 0 Å². The molecule has 1 aliphatic rings. The van der Waals surface area contributed by atoms with Gasteiger partial charge in [0.2, 0.25) is 0 Å². The lowest BCUT2D eigenvalue weighted by atomic mass is 10.0. The minimum absolute atomic E-state index is 0.0103. The zero-order valence-corrected chi connectivity index (χ0v) is 12.3. The van der Waals surface area contributed by atoms with Crippen LogP contribution in [0.4, 0.5) is 5.69 Å². The van der Waals surface area contributed by atoms with Crippen molar-refractivity contribution in [2.75, 3.05) is 4.90 Å². The molecule has 0 amide bonds. The Labute approximate surface area is 129 Å². The average molecular weight is 291 g/mol.